The average Bonchev–Trinajstić information content (AvgIpc) is 2.39. The zero-order chi connectivity index (χ0) is 14.4. The Kier molecular flexibility index (Phi) is 6.74. The summed E-state index contributed by atoms with van der Waals surface area (Å²) in [6, 6.07) is 3.16. The van der Waals surface area contributed by atoms with Gasteiger partial charge in [-0.15, -0.1) is 0 Å². The SMILES string of the molecule is CCOC(=O)C(Br)C(Br)C(=O)Nc1ccc(Cl)nc1. The van der Waals surface area contributed by atoms with Gasteiger partial charge in [0.05, 0.1) is 18.5 Å². The summed E-state index contributed by atoms with van der Waals surface area (Å²) in [4.78, 5) is 25.7. The fraction of sp³-hybridized carbons (Fsp3) is 0.364. The van der Waals surface area contributed by atoms with Gasteiger partial charge < -0.3 is 10.1 Å². The number of hydrogen-bond acceptors (Lipinski definition) is 4. The van der Waals surface area contributed by atoms with Gasteiger partial charge in [-0.25, -0.2) is 4.98 Å². The number of hydrogen-bond donors (Lipinski definition) is 1. The summed E-state index contributed by atoms with van der Waals surface area (Å²) < 4.78 is 4.82. The maximum Gasteiger partial charge on any atom is 0.321 e. The monoisotopic (exact) mass is 412 g/mol. The Morgan fingerprint density at radius 1 is 1.42 bits per heavy atom. The molecule has 1 aromatic heterocycles. The van der Waals surface area contributed by atoms with Gasteiger partial charge in [-0.2, -0.15) is 0 Å². The van der Waals surface area contributed by atoms with Crippen molar-refractivity contribution in [3.8, 4) is 0 Å². The van der Waals surface area contributed by atoms with Crippen LogP contribution in [0.3, 0.4) is 0 Å². The molecule has 1 N–H and O–H groups in total. The van der Waals surface area contributed by atoms with Gasteiger partial charge in [0.25, 0.3) is 0 Å². The number of esters is 1. The first-order valence-electron chi connectivity index (χ1n) is 5.33. The normalized spacial score (nSPS) is 13.5. The van der Waals surface area contributed by atoms with E-state index < -0.39 is 15.6 Å². The van der Waals surface area contributed by atoms with E-state index in [0.29, 0.717) is 10.8 Å². The highest BCUT2D eigenvalue weighted by molar-refractivity contribution is 9.12. The zero-order valence-corrected chi connectivity index (χ0v) is 13.8. The van der Waals surface area contributed by atoms with Crippen molar-refractivity contribution >= 4 is 61.0 Å². The number of pyridine rings is 1. The summed E-state index contributed by atoms with van der Waals surface area (Å²) >= 11 is 11.9. The van der Waals surface area contributed by atoms with E-state index in [2.05, 4.69) is 42.2 Å². The second kappa shape index (κ2) is 7.81. The van der Waals surface area contributed by atoms with Gasteiger partial charge in [0.2, 0.25) is 5.91 Å². The molecule has 0 aromatic carbocycles. The standard InChI is InChI=1S/C11H11Br2ClN2O3/c1-2-19-11(18)9(13)8(12)10(17)16-6-3-4-7(14)15-5-6/h3-5,8-9H,2H2,1H3,(H,16,17). The van der Waals surface area contributed by atoms with Gasteiger partial charge in [-0.05, 0) is 19.1 Å². The van der Waals surface area contributed by atoms with Crippen LogP contribution in [0.2, 0.25) is 5.15 Å². The Labute approximate surface area is 132 Å². The molecule has 104 valence electrons. The zero-order valence-electron chi connectivity index (χ0n) is 9.90. The van der Waals surface area contributed by atoms with Crippen LogP contribution in [-0.2, 0) is 14.3 Å². The lowest BCUT2D eigenvalue weighted by Gasteiger charge is -2.15. The second-order valence-electron chi connectivity index (χ2n) is 3.41. The van der Waals surface area contributed by atoms with Gasteiger partial charge in [0, 0.05) is 0 Å². The van der Waals surface area contributed by atoms with Crippen molar-refractivity contribution in [2.45, 2.75) is 16.6 Å². The van der Waals surface area contributed by atoms with E-state index in [1.54, 1.807) is 19.1 Å². The summed E-state index contributed by atoms with van der Waals surface area (Å²) in [6.45, 7) is 1.95. The minimum atomic E-state index is -0.771. The van der Waals surface area contributed by atoms with Crippen LogP contribution < -0.4 is 5.32 Å². The van der Waals surface area contributed by atoms with E-state index in [0.717, 1.165) is 0 Å². The van der Waals surface area contributed by atoms with E-state index in [9.17, 15) is 9.59 Å². The first kappa shape index (κ1) is 16.4. The Bertz CT molecular complexity index is 456. The highest BCUT2D eigenvalue weighted by Crippen LogP contribution is 2.19. The smallest absolute Gasteiger partial charge is 0.321 e. The Morgan fingerprint density at radius 3 is 2.63 bits per heavy atom. The molecule has 0 spiro atoms. The fourth-order valence-electron chi connectivity index (χ4n) is 1.14. The number of nitrogens with zero attached hydrogens (tertiary/aromatic N) is 1. The molecule has 0 aliphatic heterocycles. The number of halogens is 3. The number of carbonyl (C=O) groups excluding carboxylic acids is 2. The molecule has 1 rings (SSSR count). The molecule has 1 amide bonds. The van der Waals surface area contributed by atoms with Crippen molar-refractivity contribution in [1.82, 2.24) is 4.98 Å². The molecule has 0 radical (unpaired) electrons. The maximum atomic E-state index is 11.9. The largest absolute Gasteiger partial charge is 0.465 e. The first-order valence-corrected chi connectivity index (χ1v) is 7.53. The Balaban J connectivity index is 2.62. The third kappa shape index (κ3) is 5.08. The van der Waals surface area contributed by atoms with Crippen LogP contribution in [0.5, 0.6) is 0 Å². The van der Waals surface area contributed by atoms with E-state index in [-0.39, 0.29) is 12.5 Å². The molecule has 0 saturated carbocycles. The Hall–Kier alpha value is -0.660. The van der Waals surface area contributed by atoms with Crippen LogP contribution in [0.4, 0.5) is 5.69 Å². The molecule has 0 aliphatic carbocycles. The lowest BCUT2D eigenvalue weighted by Crippen LogP contribution is -2.36. The third-order valence-electron chi connectivity index (χ3n) is 2.01. The van der Waals surface area contributed by atoms with Crippen LogP contribution in [0, 0.1) is 0 Å². The fourth-order valence-corrected chi connectivity index (χ4v) is 1.95. The van der Waals surface area contributed by atoms with Gasteiger partial charge in [-0.1, -0.05) is 43.5 Å². The lowest BCUT2D eigenvalue weighted by molar-refractivity contribution is -0.143. The van der Waals surface area contributed by atoms with E-state index >= 15 is 0 Å². The molecular formula is C11H11Br2ClN2O3. The molecule has 1 heterocycles. The minimum absolute atomic E-state index is 0.253. The summed E-state index contributed by atoms with van der Waals surface area (Å²) in [7, 11) is 0. The van der Waals surface area contributed by atoms with Crippen molar-refractivity contribution < 1.29 is 14.3 Å². The third-order valence-corrected chi connectivity index (χ3v) is 4.79. The molecule has 2 atom stereocenters. The van der Waals surface area contributed by atoms with Crippen LogP contribution in [-0.4, -0.2) is 33.1 Å². The summed E-state index contributed by atoms with van der Waals surface area (Å²) in [5, 5.41) is 2.93. The van der Waals surface area contributed by atoms with Crippen LogP contribution in [0.1, 0.15) is 6.92 Å². The quantitative estimate of drug-likeness (QED) is 0.457. The van der Waals surface area contributed by atoms with Gasteiger partial charge in [0.1, 0.15) is 14.8 Å². The number of ether oxygens (including phenoxy) is 1. The number of rotatable bonds is 5. The van der Waals surface area contributed by atoms with Gasteiger partial charge >= 0.3 is 5.97 Å². The van der Waals surface area contributed by atoms with Crippen molar-refractivity contribution in [3.63, 3.8) is 0 Å². The highest BCUT2D eigenvalue weighted by Gasteiger charge is 2.30. The van der Waals surface area contributed by atoms with E-state index in [1.165, 1.54) is 6.20 Å². The summed E-state index contributed by atoms with van der Waals surface area (Å²) in [6.07, 6.45) is 1.42. The van der Waals surface area contributed by atoms with Crippen molar-refractivity contribution in [2.75, 3.05) is 11.9 Å². The average molecular weight is 414 g/mol. The minimum Gasteiger partial charge on any atom is -0.465 e. The molecule has 0 aliphatic rings. The summed E-state index contributed by atoms with van der Waals surface area (Å²) in [5.41, 5.74) is 0.488. The molecule has 5 nitrogen and oxygen atoms in total. The second-order valence-corrected chi connectivity index (χ2v) is 5.77. The molecule has 8 heteroatoms. The number of alkyl halides is 2. The Morgan fingerprint density at radius 2 is 2.11 bits per heavy atom. The van der Waals surface area contributed by atoms with Gasteiger partial charge in [-0.3, -0.25) is 9.59 Å². The molecule has 0 fully saturated rings. The molecular weight excluding hydrogens is 403 g/mol. The lowest BCUT2D eigenvalue weighted by atomic mass is 10.3. The number of amides is 1. The molecule has 1 aromatic rings. The predicted octanol–water partition coefficient (Wildman–Crippen LogP) is 2.76. The van der Waals surface area contributed by atoms with Gasteiger partial charge in [0.15, 0.2) is 0 Å². The topological polar surface area (TPSA) is 68.3 Å². The van der Waals surface area contributed by atoms with Crippen molar-refractivity contribution in [1.29, 1.82) is 0 Å². The maximum absolute atomic E-state index is 11.9. The van der Waals surface area contributed by atoms with Crippen LogP contribution in [0.15, 0.2) is 18.3 Å². The predicted molar refractivity (Wildman–Crippen MR) is 79.9 cm³/mol. The molecule has 19 heavy (non-hydrogen) atoms. The molecule has 0 bridgehead atoms. The number of nitrogens with one attached hydrogen (secondary N) is 1. The molecule has 2 unspecified atom stereocenters. The number of carbonyl (C=O) groups is 2. The van der Waals surface area contributed by atoms with Crippen LogP contribution >= 0.6 is 43.5 Å². The number of aromatic nitrogens is 1. The van der Waals surface area contributed by atoms with E-state index in [1.807, 2.05) is 0 Å². The highest BCUT2D eigenvalue weighted by atomic mass is 79.9. The number of anilines is 1. The van der Waals surface area contributed by atoms with Crippen molar-refractivity contribution in [3.05, 3.63) is 23.5 Å². The van der Waals surface area contributed by atoms with E-state index in [4.69, 9.17) is 16.3 Å². The summed E-state index contributed by atoms with van der Waals surface area (Å²) in [5.74, 6) is -0.896. The van der Waals surface area contributed by atoms with Crippen LogP contribution in [0.25, 0.3) is 0 Å². The van der Waals surface area contributed by atoms with Crippen molar-refractivity contribution in [2.24, 2.45) is 0 Å². The molecule has 0 saturated heterocycles. The first-order chi connectivity index (χ1) is 8.95.